The minimum absolute atomic E-state index is 0.0258. The van der Waals surface area contributed by atoms with Gasteiger partial charge in [-0.15, -0.1) is 0 Å². The number of aliphatic carboxylic acids is 1. The van der Waals surface area contributed by atoms with Crippen LogP contribution in [-0.2, 0) is 4.79 Å². The summed E-state index contributed by atoms with van der Waals surface area (Å²) in [7, 11) is 0. The maximum absolute atomic E-state index is 12.3. The molecule has 5 N–H and O–H groups in total. The largest absolute Gasteiger partial charge is 0.478 e. The molecule has 6 heteroatoms. The predicted octanol–water partition coefficient (Wildman–Crippen LogP) is 3.62. The van der Waals surface area contributed by atoms with E-state index in [0.717, 1.165) is 6.08 Å². The van der Waals surface area contributed by atoms with Gasteiger partial charge in [-0.05, 0) is 42.5 Å². The lowest BCUT2D eigenvalue weighted by Crippen LogP contribution is -2.30. The number of carbonyl (C=O) groups is 2. The van der Waals surface area contributed by atoms with Crippen LogP contribution in [0.1, 0.15) is 44.0 Å². The molecule has 0 unspecified atom stereocenters. The molecule has 164 valence electrons. The summed E-state index contributed by atoms with van der Waals surface area (Å²) in [5.74, 6) is -1.48. The highest BCUT2D eigenvalue weighted by atomic mass is 16.4. The van der Waals surface area contributed by atoms with E-state index in [0.29, 0.717) is 17.7 Å². The lowest BCUT2D eigenvalue weighted by molar-refractivity contribution is -0.131. The molecule has 0 aliphatic rings. The number of carbonyl (C=O) groups excluding carboxylic acids is 1. The van der Waals surface area contributed by atoms with Crippen molar-refractivity contribution in [3.05, 3.63) is 66.3 Å². The molecule has 1 rings (SSSR count). The van der Waals surface area contributed by atoms with Crippen molar-refractivity contribution in [2.75, 3.05) is 5.73 Å². The van der Waals surface area contributed by atoms with E-state index in [1.54, 1.807) is 42.5 Å². The zero-order valence-corrected chi connectivity index (χ0v) is 17.8. The topological polar surface area (TPSA) is 121 Å². The Kier molecular flexibility index (Phi) is 10.8. The molecule has 0 spiro atoms. The molecule has 5 atom stereocenters. The van der Waals surface area contributed by atoms with Crippen molar-refractivity contribution in [3.8, 4) is 0 Å². The van der Waals surface area contributed by atoms with Crippen LogP contribution >= 0.6 is 0 Å². The van der Waals surface area contributed by atoms with Gasteiger partial charge in [-0.2, -0.15) is 0 Å². The van der Waals surface area contributed by atoms with Gasteiger partial charge in [0, 0.05) is 29.7 Å². The quantitative estimate of drug-likeness (QED) is 0.179. The number of carboxylic acids is 1. The standard InChI is InChI=1S/C24H33NO5/c1-16(8-6-4-5-7-9-23(28)29)24(30)18(3)14-17(2)21(26)15-22(27)19-10-12-20(25)13-11-19/h4-13,16-18,21,24,26,30H,14-15,25H2,1-3H3,(H,28,29)/b5-4+,8-6+,9-7+/t16-,17-,18-,21-,24-/m1/s1. The first-order valence-corrected chi connectivity index (χ1v) is 10.1. The fourth-order valence-corrected chi connectivity index (χ4v) is 3.20. The van der Waals surface area contributed by atoms with Crippen LogP contribution in [0.15, 0.2) is 60.7 Å². The van der Waals surface area contributed by atoms with Crippen LogP contribution in [0, 0.1) is 17.8 Å². The highest BCUT2D eigenvalue weighted by Gasteiger charge is 2.25. The van der Waals surface area contributed by atoms with E-state index in [-0.39, 0.29) is 30.0 Å². The van der Waals surface area contributed by atoms with Crippen molar-refractivity contribution < 1.29 is 24.9 Å². The number of aliphatic hydroxyl groups excluding tert-OH is 2. The van der Waals surface area contributed by atoms with E-state index >= 15 is 0 Å². The molecule has 0 amide bonds. The molecule has 30 heavy (non-hydrogen) atoms. The van der Waals surface area contributed by atoms with Gasteiger partial charge >= 0.3 is 5.97 Å². The maximum atomic E-state index is 12.3. The Morgan fingerprint density at radius 2 is 1.57 bits per heavy atom. The van der Waals surface area contributed by atoms with Gasteiger partial charge < -0.3 is 21.1 Å². The van der Waals surface area contributed by atoms with Crippen molar-refractivity contribution >= 4 is 17.4 Å². The first-order chi connectivity index (χ1) is 14.1. The third-order valence-corrected chi connectivity index (χ3v) is 5.14. The van der Waals surface area contributed by atoms with Gasteiger partial charge in [-0.3, -0.25) is 4.79 Å². The fraction of sp³-hybridized carbons (Fsp3) is 0.417. The molecule has 6 nitrogen and oxygen atoms in total. The van der Waals surface area contributed by atoms with Gasteiger partial charge in [0.2, 0.25) is 0 Å². The molecule has 1 aromatic carbocycles. The van der Waals surface area contributed by atoms with Crippen LogP contribution < -0.4 is 5.73 Å². The van der Waals surface area contributed by atoms with Crippen LogP contribution in [0.2, 0.25) is 0 Å². The van der Waals surface area contributed by atoms with E-state index in [4.69, 9.17) is 10.8 Å². The number of Topliss-reactive ketones (excluding diaryl/α,β-unsaturated/α-hetero) is 1. The van der Waals surface area contributed by atoms with Gasteiger partial charge in [0.25, 0.3) is 0 Å². The summed E-state index contributed by atoms with van der Waals surface area (Å²) >= 11 is 0. The number of rotatable bonds is 12. The second kappa shape index (κ2) is 12.8. The second-order valence-electron chi connectivity index (χ2n) is 7.82. The van der Waals surface area contributed by atoms with Crippen LogP contribution in [0.4, 0.5) is 5.69 Å². The minimum atomic E-state index is -1.01. The molecule has 1 aromatic rings. The van der Waals surface area contributed by atoms with Crippen LogP contribution in [-0.4, -0.2) is 39.3 Å². The number of hydrogen-bond acceptors (Lipinski definition) is 5. The average molecular weight is 416 g/mol. The molecule has 0 heterocycles. The third kappa shape index (κ3) is 9.20. The first-order valence-electron chi connectivity index (χ1n) is 10.1. The maximum Gasteiger partial charge on any atom is 0.328 e. The van der Waals surface area contributed by atoms with Gasteiger partial charge in [-0.1, -0.05) is 51.2 Å². The van der Waals surface area contributed by atoms with Gasteiger partial charge in [0.05, 0.1) is 12.2 Å². The number of allylic oxidation sites excluding steroid dienone is 4. The predicted molar refractivity (Wildman–Crippen MR) is 119 cm³/mol. The van der Waals surface area contributed by atoms with Crippen molar-refractivity contribution in [2.45, 2.75) is 45.8 Å². The number of anilines is 1. The Hall–Kier alpha value is -2.70. The fourth-order valence-electron chi connectivity index (χ4n) is 3.20. The Labute approximate surface area is 178 Å². The van der Waals surface area contributed by atoms with Crippen LogP contribution in [0.3, 0.4) is 0 Å². The smallest absolute Gasteiger partial charge is 0.328 e. The van der Waals surface area contributed by atoms with Crippen molar-refractivity contribution in [1.82, 2.24) is 0 Å². The van der Waals surface area contributed by atoms with E-state index in [2.05, 4.69) is 0 Å². The van der Waals surface area contributed by atoms with E-state index in [9.17, 15) is 19.8 Å². The molecule has 0 saturated carbocycles. The van der Waals surface area contributed by atoms with Gasteiger partial charge in [-0.25, -0.2) is 4.79 Å². The number of nitrogen functional groups attached to an aromatic ring is 1. The summed E-state index contributed by atoms with van der Waals surface area (Å²) in [6.07, 6.45) is 8.57. The zero-order chi connectivity index (χ0) is 22.7. The first kappa shape index (κ1) is 25.3. The average Bonchev–Trinajstić information content (AvgIpc) is 2.69. The highest BCUT2D eigenvalue weighted by Crippen LogP contribution is 2.25. The normalized spacial score (nSPS) is 17.2. The third-order valence-electron chi connectivity index (χ3n) is 5.14. The Balaban J connectivity index is 2.52. The van der Waals surface area contributed by atoms with Crippen LogP contribution in [0.25, 0.3) is 0 Å². The number of ketones is 1. The number of benzene rings is 1. The Morgan fingerprint density at radius 3 is 2.17 bits per heavy atom. The van der Waals surface area contributed by atoms with Crippen LogP contribution in [0.5, 0.6) is 0 Å². The summed E-state index contributed by atoms with van der Waals surface area (Å²) in [6, 6.07) is 6.63. The summed E-state index contributed by atoms with van der Waals surface area (Å²) < 4.78 is 0. The number of aliphatic hydroxyl groups is 2. The Bertz CT molecular complexity index is 766. The second-order valence-corrected chi connectivity index (χ2v) is 7.82. The molecular formula is C24H33NO5. The van der Waals surface area contributed by atoms with Gasteiger partial charge in [0.15, 0.2) is 5.78 Å². The molecule has 0 radical (unpaired) electrons. The molecular weight excluding hydrogens is 382 g/mol. The molecule has 0 bridgehead atoms. The van der Waals surface area contributed by atoms with Gasteiger partial charge in [0.1, 0.15) is 0 Å². The number of carboxylic acid groups (broad SMARTS) is 1. The summed E-state index contributed by atoms with van der Waals surface area (Å²) in [5.41, 5.74) is 6.73. The Morgan fingerprint density at radius 1 is 0.967 bits per heavy atom. The summed E-state index contributed by atoms with van der Waals surface area (Å²) in [6.45, 7) is 5.69. The van der Waals surface area contributed by atoms with Crippen molar-refractivity contribution in [3.63, 3.8) is 0 Å². The molecule has 0 fully saturated rings. The monoisotopic (exact) mass is 415 g/mol. The molecule has 0 aromatic heterocycles. The van der Waals surface area contributed by atoms with E-state index in [1.807, 2.05) is 26.8 Å². The highest BCUT2D eigenvalue weighted by molar-refractivity contribution is 5.96. The van der Waals surface area contributed by atoms with Crippen molar-refractivity contribution in [2.24, 2.45) is 17.8 Å². The minimum Gasteiger partial charge on any atom is -0.478 e. The van der Waals surface area contributed by atoms with E-state index in [1.165, 1.54) is 6.08 Å². The SMILES string of the molecule is C[C@H](/C=C/C=C/C=C/C(=O)O)[C@@H](O)[C@H](C)C[C@@H](C)[C@H](O)CC(=O)c1ccc(N)cc1. The zero-order valence-electron chi connectivity index (χ0n) is 17.8. The lowest BCUT2D eigenvalue weighted by atomic mass is 9.83. The summed E-state index contributed by atoms with van der Waals surface area (Å²) in [4.78, 5) is 22.7. The molecule has 0 aliphatic carbocycles. The number of nitrogens with two attached hydrogens (primary N) is 1. The summed E-state index contributed by atoms with van der Waals surface area (Å²) in [5, 5.41) is 29.5. The van der Waals surface area contributed by atoms with E-state index < -0.39 is 18.2 Å². The van der Waals surface area contributed by atoms with Crippen molar-refractivity contribution in [1.29, 1.82) is 0 Å². The molecule has 0 saturated heterocycles. The number of hydrogen-bond donors (Lipinski definition) is 4. The lowest BCUT2D eigenvalue weighted by Gasteiger charge is -2.27. The molecule has 0 aliphatic heterocycles.